The van der Waals surface area contributed by atoms with Crippen LogP contribution in [0.1, 0.15) is 19.3 Å². The first-order valence-electron chi connectivity index (χ1n) is 11.0. The monoisotopic (exact) mass is 490 g/mol. The molecule has 5 aromatic rings. The molecule has 1 saturated carbocycles. The molecule has 5 heterocycles. The first kappa shape index (κ1) is 21.3. The average molecular weight is 491 g/mol. The van der Waals surface area contributed by atoms with Gasteiger partial charge in [-0.25, -0.2) is 9.97 Å². The Morgan fingerprint density at radius 3 is 2.76 bits per heavy atom. The highest BCUT2D eigenvalue weighted by molar-refractivity contribution is 7.94. The van der Waals surface area contributed by atoms with Crippen molar-refractivity contribution in [2.45, 2.75) is 28.7 Å². The quantitative estimate of drug-likeness (QED) is 0.383. The molecule has 5 aromatic heterocycles. The molecule has 0 aromatic carbocycles. The van der Waals surface area contributed by atoms with E-state index >= 15 is 0 Å². The maximum absolute atomic E-state index is 13.2. The summed E-state index contributed by atoms with van der Waals surface area (Å²) in [5.74, 6) is 0. The van der Waals surface area contributed by atoms with Crippen LogP contribution in [0.25, 0.3) is 43.6 Å². The number of thiophene rings is 1. The second kappa shape index (κ2) is 7.93. The van der Waals surface area contributed by atoms with E-state index in [0.29, 0.717) is 21.1 Å². The molecule has 8 nitrogen and oxygen atoms in total. The van der Waals surface area contributed by atoms with Crippen LogP contribution in [0.15, 0.2) is 51.9 Å². The van der Waals surface area contributed by atoms with Gasteiger partial charge in [-0.15, -0.1) is 0 Å². The molecule has 1 aliphatic rings. The van der Waals surface area contributed by atoms with E-state index in [9.17, 15) is 9.35 Å². The fourth-order valence-electron chi connectivity index (χ4n) is 4.33. The van der Waals surface area contributed by atoms with E-state index in [1.54, 1.807) is 30.3 Å². The van der Waals surface area contributed by atoms with Gasteiger partial charge in [-0.3, -0.25) is 9.48 Å². The lowest BCUT2D eigenvalue weighted by molar-refractivity contribution is 0.478. The topological polar surface area (TPSA) is 115 Å². The first-order valence-corrected chi connectivity index (χ1v) is 13.0. The van der Waals surface area contributed by atoms with Crippen molar-refractivity contribution < 1.29 is 4.55 Å². The third-order valence-corrected chi connectivity index (χ3v) is 9.81. The number of pyridine rings is 3. The van der Waals surface area contributed by atoms with E-state index in [2.05, 4.69) is 10.1 Å². The third kappa shape index (κ3) is 3.24. The predicted molar refractivity (Wildman–Crippen MR) is 136 cm³/mol. The fraction of sp³-hybridized carbons (Fsp3) is 0.250. The van der Waals surface area contributed by atoms with Crippen molar-refractivity contribution in [3.8, 4) is 22.5 Å². The lowest BCUT2D eigenvalue weighted by Crippen LogP contribution is -2.28. The number of anilines is 1. The van der Waals surface area contributed by atoms with Gasteiger partial charge in [-0.2, -0.15) is 5.10 Å². The SMILES string of the molecule is Cn1nccc1-c1cc(-c2cnc3c(=O)n(C)ccc3c2)nc2sc([S+]([O-])C3CCC3)c(N)c12. The van der Waals surface area contributed by atoms with Crippen molar-refractivity contribution in [1.29, 1.82) is 0 Å². The van der Waals surface area contributed by atoms with Gasteiger partial charge < -0.3 is 14.9 Å². The van der Waals surface area contributed by atoms with Crippen molar-refractivity contribution in [1.82, 2.24) is 24.3 Å². The number of nitrogen functional groups attached to an aromatic ring is 1. The summed E-state index contributed by atoms with van der Waals surface area (Å²) in [6.07, 6.45) is 8.20. The highest BCUT2D eigenvalue weighted by atomic mass is 32.2. The Balaban J connectivity index is 1.58. The summed E-state index contributed by atoms with van der Waals surface area (Å²) in [7, 11) is 3.59. The molecule has 10 heteroatoms. The molecular weight excluding hydrogens is 468 g/mol. The van der Waals surface area contributed by atoms with Gasteiger partial charge in [0, 0.05) is 65.8 Å². The fourth-order valence-corrected chi connectivity index (χ4v) is 7.54. The molecule has 0 amide bonds. The first-order chi connectivity index (χ1) is 16.4. The largest absolute Gasteiger partial charge is 0.611 e. The van der Waals surface area contributed by atoms with Gasteiger partial charge >= 0.3 is 0 Å². The van der Waals surface area contributed by atoms with E-state index in [0.717, 1.165) is 51.7 Å². The Labute approximate surface area is 202 Å². The second-order valence-electron chi connectivity index (χ2n) is 8.62. The Kier molecular flexibility index (Phi) is 4.98. The molecule has 1 atom stereocenters. The second-order valence-corrected chi connectivity index (χ2v) is 11.5. The molecule has 2 N–H and O–H groups in total. The van der Waals surface area contributed by atoms with E-state index in [1.165, 1.54) is 15.9 Å². The number of aryl methyl sites for hydroxylation is 2. The minimum atomic E-state index is -1.14. The standard InChI is InChI=1S/C24H22N6O2S2/c1-29-9-7-13-10-14(12-26-21(13)23(29)31)17-11-16(18-6-8-27-30(18)2)19-20(25)24(33-22(19)28-17)34(32)15-4-3-5-15/h6-12,15H,3-5,25H2,1-2H3. The molecule has 0 saturated heterocycles. The molecule has 0 aliphatic heterocycles. The van der Waals surface area contributed by atoms with Crippen LogP contribution in [0.3, 0.4) is 0 Å². The maximum Gasteiger partial charge on any atom is 0.276 e. The Morgan fingerprint density at radius 2 is 2.06 bits per heavy atom. The summed E-state index contributed by atoms with van der Waals surface area (Å²) < 4.78 is 17.2. The zero-order chi connectivity index (χ0) is 23.6. The maximum atomic E-state index is 13.2. The smallest absolute Gasteiger partial charge is 0.276 e. The van der Waals surface area contributed by atoms with Crippen LogP contribution in [-0.2, 0) is 25.3 Å². The summed E-state index contributed by atoms with van der Waals surface area (Å²) in [5.41, 5.74) is 10.7. The lowest BCUT2D eigenvalue weighted by atomic mass is 10.00. The highest BCUT2D eigenvalue weighted by Gasteiger charge is 2.35. The van der Waals surface area contributed by atoms with Crippen molar-refractivity contribution >= 4 is 49.3 Å². The Hall–Kier alpha value is -3.21. The van der Waals surface area contributed by atoms with Gasteiger partial charge in [0.05, 0.1) is 11.4 Å². The summed E-state index contributed by atoms with van der Waals surface area (Å²) >= 11 is 0.265. The van der Waals surface area contributed by atoms with Crippen LogP contribution in [-0.4, -0.2) is 34.1 Å². The molecule has 0 radical (unpaired) electrons. The zero-order valence-electron chi connectivity index (χ0n) is 18.7. The molecule has 172 valence electrons. The van der Waals surface area contributed by atoms with Gasteiger partial charge in [0.25, 0.3) is 5.56 Å². The molecule has 1 aliphatic carbocycles. The van der Waals surface area contributed by atoms with Crippen molar-refractivity contribution in [2.24, 2.45) is 14.1 Å². The number of aromatic nitrogens is 5. The molecule has 1 unspecified atom stereocenters. The van der Waals surface area contributed by atoms with Gasteiger partial charge in [0.1, 0.15) is 21.3 Å². The number of fused-ring (bicyclic) bond motifs is 2. The summed E-state index contributed by atoms with van der Waals surface area (Å²) in [4.78, 5) is 22.5. The average Bonchev–Trinajstić information content (AvgIpc) is 3.37. The summed E-state index contributed by atoms with van der Waals surface area (Å²) in [6, 6.07) is 7.70. The van der Waals surface area contributed by atoms with Gasteiger partial charge in [0.15, 0.2) is 0 Å². The molecule has 0 spiro atoms. The predicted octanol–water partition coefficient (Wildman–Crippen LogP) is 3.85. The van der Waals surface area contributed by atoms with Crippen LogP contribution < -0.4 is 11.3 Å². The van der Waals surface area contributed by atoms with Crippen LogP contribution in [0, 0.1) is 0 Å². The number of rotatable bonds is 4. The lowest BCUT2D eigenvalue weighted by Gasteiger charge is -2.27. The van der Waals surface area contributed by atoms with Crippen LogP contribution >= 0.6 is 11.3 Å². The van der Waals surface area contributed by atoms with Crippen LogP contribution in [0.2, 0.25) is 0 Å². The summed E-state index contributed by atoms with van der Waals surface area (Å²) in [6.45, 7) is 0. The minimum absolute atomic E-state index is 0.141. The highest BCUT2D eigenvalue weighted by Crippen LogP contribution is 2.45. The molecule has 34 heavy (non-hydrogen) atoms. The Morgan fingerprint density at radius 1 is 1.24 bits per heavy atom. The van der Waals surface area contributed by atoms with E-state index in [-0.39, 0.29) is 10.8 Å². The van der Waals surface area contributed by atoms with Gasteiger partial charge in [-0.05, 0) is 43.5 Å². The number of nitrogens with zero attached hydrogens (tertiary/aromatic N) is 5. The van der Waals surface area contributed by atoms with E-state index in [4.69, 9.17) is 10.7 Å². The number of hydrogen-bond acceptors (Lipinski definition) is 7. The van der Waals surface area contributed by atoms with Crippen molar-refractivity contribution in [3.05, 3.63) is 53.2 Å². The molecule has 6 rings (SSSR count). The van der Waals surface area contributed by atoms with Crippen LogP contribution in [0.5, 0.6) is 0 Å². The van der Waals surface area contributed by atoms with Crippen LogP contribution in [0.4, 0.5) is 5.69 Å². The normalized spacial score (nSPS) is 15.1. The summed E-state index contributed by atoms with van der Waals surface area (Å²) in [5, 5.41) is 6.06. The minimum Gasteiger partial charge on any atom is -0.611 e. The number of nitrogens with two attached hydrogens (primary N) is 1. The van der Waals surface area contributed by atoms with Crippen molar-refractivity contribution in [3.63, 3.8) is 0 Å². The molecule has 0 bridgehead atoms. The number of hydrogen-bond donors (Lipinski definition) is 1. The van der Waals surface area contributed by atoms with Gasteiger partial charge in [0.2, 0.25) is 4.21 Å². The van der Waals surface area contributed by atoms with Crippen molar-refractivity contribution in [2.75, 3.05) is 5.73 Å². The Bertz CT molecular complexity index is 1630. The zero-order valence-corrected chi connectivity index (χ0v) is 20.3. The van der Waals surface area contributed by atoms with Gasteiger partial charge in [-0.1, -0.05) is 11.3 Å². The third-order valence-electron chi connectivity index (χ3n) is 6.51. The molecule has 1 fully saturated rings. The van der Waals surface area contributed by atoms with E-state index < -0.39 is 11.2 Å². The molecular formula is C24H22N6O2S2. The van der Waals surface area contributed by atoms with E-state index in [1.807, 2.05) is 31.3 Å².